The highest BCUT2D eigenvalue weighted by Crippen LogP contribution is 2.48. The number of rotatable bonds is 9. The highest BCUT2D eigenvalue weighted by molar-refractivity contribution is 5.83. The van der Waals surface area contributed by atoms with E-state index in [0.717, 1.165) is 0 Å². The van der Waals surface area contributed by atoms with Gasteiger partial charge in [0.25, 0.3) is 0 Å². The first-order valence-electron chi connectivity index (χ1n) is 7.46. The van der Waals surface area contributed by atoms with Crippen molar-refractivity contribution in [3.63, 3.8) is 0 Å². The zero-order chi connectivity index (χ0) is 15.4. The zero-order valence-corrected chi connectivity index (χ0v) is 11.9. The second kappa shape index (κ2) is 6.78. The van der Waals surface area contributed by atoms with Crippen molar-refractivity contribution in [3.05, 3.63) is 0 Å². The van der Waals surface area contributed by atoms with Crippen LogP contribution in [0.2, 0.25) is 0 Å². The van der Waals surface area contributed by atoms with Crippen molar-refractivity contribution in [2.45, 2.75) is 44.6 Å². The number of carbonyl (C=O) groups is 3. The number of nitrogens with one attached hydrogen (secondary N) is 2. The fourth-order valence-electron chi connectivity index (χ4n) is 2.71. The van der Waals surface area contributed by atoms with Gasteiger partial charge in [0.05, 0.1) is 0 Å². The van der Waals surface area contributed by atoms with Gasteiger partial charge in [0.2, 0.25) is 0 Å². The van der Waals surface area contributed by atoms with Crippen molar-refractivity contribution in [3.8, 4) is 0 Å². The molecule has 2 aliphatic rings. The molecule has 1 atom stereocenters. The van der Waals surface area contributed by atoms with Crippen LogP contribution in [0.15, 0.2) is 0 Å². The maximum Gasteiger partial charge on any atom is 0.326 e. The minimum Gasteiger partial charge on any atom is -0.481 e. The van der Waals surface area contributed by atoms with E-state index in [1.807, 2.05) is 0 Å². The van der Waals surface area contributed by atoms with Crippen molar-refractivity contribution >= 4 is 18.0 Å². The topological polar surface area (TPSA) is 116 Å². The third-order valence-electron chi connectivity index (χ3n) is 4.20. The Balaban J connectivity index is 1.73. The average molecular weight is 298 g/mol. The maximum atomic E-state index is 11.8. The summed E-state index contributed by atoms with van der Waals surface area (Å²) >= 11 is 0. The van der Waals surface area contributed by atoms with Gasteiger partial charge in [-0.05, 0) is 49.9 Å². The fourth-order valence-corrected chi connectivity index (χ4v) is 2.71. The predicted octanol–water partition coefficient (Wildman–Crippen LogP) is 1.04. The summed E-state index contributed by atoms with van der Waals surface area (Å²) in [5, 5.41) is 22.6. The molecule has 0 aliphatic heterocycles. The molecule has 118 valence electrons. The number of hydrogen-bond donors (Lipinski definition) is 4. The summed E-state index contributed by atoms with van der Waals surface area (Å²) in [6.07, 6.45) is 4.49. The van der Waals surface area contributed by atoms with Gasteiger partial charge in [0.15, 0.2) is 0 Å². The van der Waals surface area contributed by atoms with Gasteiger partial charge in [-0.1, -0.05) is 0 Å². The molecule has 2 saturated carbocycles. The van der Waals surface area contributed by atoms with Crippen LogP contribution in [0.5, 0.6) is 0 Å². The number of hydrogen-bond acceptors (Lipinski definition) is 3. The lowest BCUT2D eigenvalue weighted by Gasteiger charge is -2.18. The van der Waals surface area contributed by atoms with Gasteiger partial charge in [-0.3, -0.25) is 4.79 Å². The summed E-state index contributed by atoms with van der Waals surface area (Å²) < 4.78 is 0. The first-order chi connectivity index (χ1) is 9.97. The van der Waals surface area contributed by atoms with Crippen LogP contribution in [-0.4, -0.2) is 40.8 Å². The summed E-state index contributed by atoms with van der Waals surface area (Å²) in [6.45, 7) is 0.576. The molecule has 0 aromatic carbocycles. The van der Waals surface area contributed by atoms with Crippen LogP contribution in [0.4, 0.5) is 4.79 Å². The lowest BCUT2D eigenvalue weighted by molar-refractivity contribution is -0.140. The molecule has 4 N–H and O–H groups in total. The third-order valence-corrected chi connectivity index (χ3v) is 4.20. The van der Waals surface area contributed by atoms with E-state index in [1.165, 1.54) is 25.7 Å². The lowest BCUT2D eigenvalue weighted by atomic mass is 9.98. The molecule has 0 saturated heterocycles. The summed E-state index contributed by atoms with van der Waals surface area (Å²) in [4.78, 5) is 33.2. The molecule has 7 nitrogen and oxygen atoms in total. The Labute approximate surface area is 123 Å². The van der Waals surface area contributed by atoms with E-state index in [-0.39, 0.29) is 12.8 Å². The Bertz CT molecular complexity index is 406. The second-order valence-corrected chi connectivity index (χ2v) is 6.02. The lowest BCUT2D eigenvalue weighted by Crippen LogP contribution is -2.47. The first-order valence-corrected chi connectivity index (χ1v) is 7.46. The van der Waals surface area contributed by atoms with E-state index < -0.39 is 24.0 Å². The highest BCUT2D eigenvalue weighted by atomic mass is 16.4. The Hall–Kier alpha value is -1.79. The van der Waals surface area contributed by atoms with Crippen molar-refractivity contribution in [2.24, 2.45) is 17.8 Å². The second-order valence-electron chi connectivity index (χ2n) is 6.02. The number of aliphatic carboxylic acids is 2. The fraction of sp³-hybridized carbons (Fsp3) is 0.786. The van der Waals surface area contributed by atoms with Crippen LogP contribution in [0.25, 0.3) is 0 Å². The number of carbonyl (C=O) groups excluding carboxylic acids is 1. The van der Waals surface area contributed by atoms with Crippen molar-refractivity contribution in [1.29, 1.82) is 0 Å². The Morgan fingerprint density at radius 3 is 2.05 bits per heavy atom. The standard InChI is InChI=1S/C14H22N2O5/c17-12(18)6-5-11(13(19)20)16-14(21)15-7-10(8-1-2-8)9-3-4-9/h8-11H,1-7H2,(H,17,18)(H,19,20)(H2,15,16,21). The summed E-state index contributed by atoms with van der Waals surface area (Å²) in [7, 11) is 0. The van der Waals surface area contributed by atoms with E-state index >= 15 is 0 Å². The number of carboxylic acids is 2. The van der Waals surface area contributed by atoms with Crippen molar-refractivity contribution in [2.75, 3.05) is 6.54 Å². The van der Waals surface area contributed by atoms with Crippen LogP contribution >= 0.6 is 0 Å². The zero-order valence-electron chi connectivity index (χ0n) is 11.9. The predicted molar refractivity (Wildman–Crippen MR) is 73.8 cm³/mol. The van der Waals surface area contributed by atoms with E-state index in [2.05, 4.69) is 10.6 Å². The molecule has 2 aliphatic carbocycles. The number of amides is 2. The minimum absolute atomic E-state index is 0.118. The molecule has 21 heavy (non-hydrogen) atoms. The summed E-state index contributed by atoms with van der Waals surface area (Å²) in [5.74, 6) is -0.364. The molecular formula is C14H22N2O5. The van der Waals surface area contributed by atoms with Crippen molar-refractivity contribution in [1.82, 2.24) is 10.6 Å². The van der Waals surface area contributed by atoms with Gasteiger partial charge in [-0.15, -0.1) is 0 Å². The summed E-state index contributed by atoms with van der Waals surface area (Å²) in [6, 6.07) is -1.69. The third kappa shape index (κ3) is 5.24. The van der Waals surface area contributed by atoms with Gasteiger partial charge in [0.1, 0.15) is 6.04 Å². The molecule has 2 rings (SSSR count). The smallest absolute Gasteiger partial charge is 0.326 e. The number of carboxylic acid groups (broad SMARTS) is 2. The highest BCUT2D eigenvalue weighted by Gasteiger charge is 2.41. The molecule has 0 aromatic heterocycles. The Kier molecular flexibility index (Phi) is 5.03. The molecule has 0 spiro atoms. The van der Waals surface area contributed by atoms with Crippen LogP contribution in [0, 0.1) is 17.8 Å². The monoisotopic (exact) mass is 298 g/mol. The van der Waals surface area contributed by atoms with Gasteiger partial charge in [0, 0.05) is 13.0 Å². The summed E-state index contributed by atoms with van der Waals surface area (Å²) in [5.41, 5.74) is 0. The van der Waals surface area contributed by atoms with Gasteiger partial charge < -0.3 is 20.8 Å². The Morgan fingerprint density at radius 1 is 1.05 bits per heavy atom. The normalized spacial score (nSPS) is 19.1. The molecule has 0 aromatic rings. The quantitative estimate of drug-likeness (QED) is 0.507. The largest absolute Gasteiger partial charge is 0.481 e. The Morgan fingerprint density at radius 2 is 1.62 bits per heavy atom. The van der Waals surface area contributed by atoms with E-state index in [4.69, 9.17) is 10.2 Å². The molecule has 2 fully saturated rings. The molecule has 7 heteroatoms. The molecule has 0 bridgehead atoms. The van der Waals surface area contributed by atoms with Gasteiger partial charge in [-0.25, -0.2) is 9.59 Å². The molecule has 1 unspecified atom stereocenters. The van der Waals surface area contributed by atoms with Crippen molar-refractivity contribution < 1.29 is 24.6 Å². The molecule has 0 radical (unpaired) electrons. The van der Waals surface area contributed by atoms with E-state index in [0.29, 0.717) is 24.3 Å². The molecule has 0 heterocycles. The van der Waals surface area contributed by atoms with Crippen LogP contribution < -0.4 is 10.6 Å². The van der Waals surface area contributed by atoms with E-state index in [1.54, 1.807) is 0 Å². The van der Waals surface area contributed by atoms with Crippen LogP contribution in [0.3, 0.4) is 0 Å². The first kappa shape index (κ1) is 15.6. The van der Waals surface area contributed by atoms with Crippen LogP contribution in [-0.2, 0) is 9.59 Å². The SMILES string of the molecule is O=C(O)CCC(NC(=O)NCC(C1CC1)C1CC1)C(=O)O. The minimum atomic E-state index is -1.22. The number of urea groups is 1. The average Bonchev–Trinajstić information content (AvgIpc) is 3.25. The molecular weight excluding hydrogens is 276 g/mol. The maximum absolute atomic E-state index is 11.8. The van der Waals surface area contributed by atoms with Gasteiger partial charge in [-0.2, -0.15) is 0 Å². The van der Waals surface area contributed by atoms with Crippen LogP contribution in [0.1, 0.15) is 38.5 Å². The van der Waals surface area contributed by atoms with Gasteiger partial charge >= 0.3 is 18.0 Å². The van der Waals surface area contributed by atoms with E-state index in [9.17, 15) is 14.4 Å². The molecule has 2 amide bonds.